The van der Waals surface area contributed by atoms with Crippen LogP contribution >= 0.6 is 0 Å². The molecule has 0 aliphatic carbocycles. The van der Waals surface area contributed by atoms with E-state index in [1.54, 1.807) is 0 Å². The van der Waals surface area contributed by atoms with Gasteiger partial charge in [-0.1, -0.05) is 58.3 Å². The molecule has 0 bridgehead atoms. The minimum Gasteiger partial charge on any atom is -0.480 e. The van der Waals surface area contributed by atoms with E-state index < -0.39 is 20.8 Å². The molecule has 2 N–H and O–H groups in total. The maximum absolute atomic E-state index is 11.1. The van der Waals surface area contributed by atoms with E-state index in [9.17, 15) is 13.2 Å². The summed E-state index contributed by atoms with van der Waals surface area (Å²) >= 11 is 0. The van der Waals surface area contributed by atoms with Crippen LogP contribution in [0.2, 0.25) is 0 Å². The fourth-order valence-corrected chi connectivity index (χ4v) is 2.57. The Morgan fingerprint density at radius 3 is 1.75 bits per heavy atom. The standard InChI is InChI=1S/C13H26O5S.Na/c1-3-4-5-6-7-8-9-10-11-13(2,12(14)15)19(16,17)18;/h3-11H2,1-2H3,(H,14,15)(H,16,17,18);. The van der Waals surface area contributed by atoms with Gasteiger partial charge < -0.3 is 5.11 Å². The summed E-state index contributed by atoms with van der Waals surface area (Å²) in [6, 6.07) is 0. The Kier molecular flexibility index (Phi) is 12.5. The van der Waals surface area contributed by atoms with Gasteiger partial charge in [0.2, 0.25) is 0 Å². The topological polar surface area (TPSA) is 91.7 Å². The van der Waals surface area contributed by atoms with E-state index in [-0.39, 0.29) is 36.0 Å². The molecule has 1 atom stereocenters. The molecule has 1 unspecified atom stereocenters. The van der Waals surface area contributed by atoms with Crippen LogP contribution < -0.4 is 0 Å². The number of carboxylic acid groups (broad SMARTS) is 1. The van der Waals surface area contributed by atoms with Crippen molar-refractivity contribution in [1.29, 1.82) is 0 Å². The van der Waals surface area contributed by atoms with Gasteiger partial charge in [-0.05, 0) is 13.3 Å². The normalized spacial score (nSPS) is 14.3. The summed E-state index contributed by atoms with van der Waals surface area (Å²) in [5, 5.41) is 8.93. The van der Waals surface area contributed by atoms with Gasteiger partial charge in [0.1, 0.15) is 0 Å². The average Bonchev–Trinajstić information content (AvgIpc) is 2.30. The minimum absolute atomic E-state index is 0. The van der Waals surface area contributed by atoms with E-state index in [1.165, 1.54) is 25.7 Å². The fraction of sp³-hybridized carbons (Fsp3) is 0.923. The number of hydrogen-bond donors (Lipinski definition) is 2. The first-order valence-electron chi connectivity index (χ1n) is 6.96. The summed E-state index contributed by atoms with van der Waals surface area (Å²) in [6.07, 6.45) is 8.14. The Morgan fingerprint density at radius 2 is 1.40 bits per heavy atom. The number of hydrogen-bond acceptors (Lipinski definition) is 3. The van der Waals surface area contributed by atoms with Crippen LogP contribution in [0.4, 0.5) is 0 Å². The summed E-state index contributed by atoms with van der Waals surface area (Å²) in [5.74, 6) is -1.49. The van der Waals surface area contributed by atoms with Crippen molar-refractivity contribution in [3.8, 4) is 0 Å². The van der Waals surface area contributed by atoms with Crippen molar-refractivity contribution in [2.24, 2.45) is 0 Å². The molecular weight excluding hydrogens is 291 g/mol. The second kappa shape index (κ2) is 11.0. The second-order valence-electron chi connectivity index (χ2n) is 5.24. The third-order valence-electron chi connectivity index (χ3n) is 3.53. The maximum Gasteiger partial charge on any atom is 0.327 e. The van der Waals surface area contributed by atoms with Gasteiger partial charge in [-0.3, -0.25) is 9.35 Å². The zero-order valence-electron chi connectivity index (χ0n) is 12.9. The third kappa shape index (κ3) is 7.98. The van der Waals surface area contributed by atoms with E-state index in [1.807, 2.05) is 0 Å². The minimum atomic E-state index is -4.57. The van der Waals surface area contributed by atoms with E-state index in [4.69, 9.17) is 9.66 Å². The summed E-state index contributed by atoms with van der Waals surface area (Å²) in [7, 11) is -4.57. The van der Waals surface area contributed by atoms with Gasteiger partial charge in [0, 0.05) is 29.6 Å². The molecule has 0 aromatic rings. The molecule has 0 aliphatic heterocycles. The molecule has 7 heteroatoms. The smallest absolute Gasteiger partial charge is 0.327 e. The number of rotatable bonds is 11. The van der Waals surface area contributed by atoms with Gasteiger partial charge in [-0.2, -0.15) is 8.42 Å². The van der Waals surface area contributed by atoms with Crippen molar-refractivity contribution in [3.05, 3.63) is 0 Å². The molecule has 0 fully saturated rings. The zero-order chi connectivity index (χ0) is 14.9. The van der Waals surface area contributed by atoms with Crippen molar-refractivity contribution in [3.63, 3.8) is 0 Å². The molecule has 0 rings (SSSR count). The Morgan fingerprint density at radius 1 is 1.00 bits per heavy atom. The molecule has 0 heterocycles. The molecule has 5 nitrogen and oxygen atoms in total. The quantitative estimate of drug-likeness (QED) is 0.347. The van der Waals surface area contributed by atoms with Crippen LogP contribution in [0.5, 0.6) is 0 Å². The Balaban J connectivity index is 0. The maximum atomic E-state index is 11.1. The van der Waals surface area contributed by atoms with Gasteiger partial charge >= 0.3 is 5.97 Å². The van der Waals surface area contributed by atoms with Gasteiger partial charge in [-0.25, -0.2) is 0 Å². The SMILES string of the molecule is CCCCCCCCCCC(C)(C(=O)O)S(=O)(=O)O.[Na]. The molecule has 0 amide bonds. The molecule has 0 saturated carbocycles. The molecule has 0 saturated heterocycles. The molecule has 115 valence electrons. The van der Waals surface area contributed by atoms with Crippen molar-refractivity contribution in [1.82, 2.24) is 0 Å². The van der Waals surface area contributed by atoms with Gasteiger partial charge in [0.15, 0.2) is 4.75 Å². The zero-order valence-corrected chi connectivity index (χ0v) is 15.7. The van der Waals surface area contributed by atoms with Gasteiger partial charge in [0.25, 0.3) is 10.1 Å². The van der Waals surface area contributed by atoms with Crippen molar-refractivity contribution >= 4 is 45.6 Å². The third-order valence-corrected chi connectivity index (χ3v) is 5.05. The number of carbonyl (C=O) groups is 1. The first kappa shape index (κ1) is 22.7. The number of aliphatic carboxylic acids is 1. The van der Waals surface area contributed by atoms with Crippen molar-refractivity contribution in [2.75, 3.05) is 0 Å². The monoisotopic (exact) mass is 317 g/mol. The molecule has 20 heavy (non-hydrogen) atoms. The van der Waals surface area contributed by atoms with Crippen LogP contribution in [-0.2, 0) is 14.9 Å². The second-order valence-corrected chi connectivity index (χ2v) is 7.09. The average molecular weight is 317 g/mol. The summed E-state index contributed by atoms with van der Waals surface area (Å²) < 4.78 is 29.1. The van der Waals surface area contributed by atoms with E-state index in [0.717, 1.165) is 26.2 Å². The summed E-state index contributed by atoms with van der Waals surface area (Å²) in [6.45, 7) is 3.22. The fourth-order valence-electron chi connectivity index (χ4n) is 1.94. The molecule has 0 spiro atoms. The number of unbranched alkanes of at least 4 members (excludes halogenated alkanes) is 7. The van der Waals surface area contributed by atoms with E-state index in [2.05, 4.69) is 6.92 Å². The predicted molar refractivity (Wildman–Crippen MR) is 80.6 cm³/mol. The largest absolute Gasteiger partial charge is 0.480 e. The molecule has 1 radical (unpaired) electrons. The molecular formula is C13H26NaO5S. The molecule has 0 aromatic heterocycles. The van der Waals surface area contributed by atoms with Crippen LogP contribution in [0.3, 0.4) is 0 Å². The van der Waals surface area contributed by atoms with Crippen molar-refractivity contribution < 1.29 is 22.9 Å². The van der Waals surface area contributed by atoms with Crippen LogP contribution in [0.25, 0.3) is 0 Å². The first-order chi connectivity index (χ1) is 8.75. The van der Waals surface area contributed by atoms with Crippen LogP contribution in [0, 0.1) is 0 Å². The molecule has 0 aromatic carbocycles. The summed E-state index contributed by atoms with van der Waals surface area (Å²) in [5.41, 5.74) is 0. The predicted octanol–water partition coefficient (Wildman–Crippen LogP) is 2.87. The first-order valence-corrected chi connectivity index (χ1v) is 8.40. The van der Waals surface area contributed by atoms with Crippen LogP contribution in [-0.4, -0.2) is 58.4 Å². The van der Waals surface area contributed by atoms with Gasteiger partial charge in [-0.15, -0.1) is 0 Å². The Hall–Kier alpha value is 0.380. The van der Waals surface area contributed by atoms with Gasteiger partial charge in [0.05, 0.1) is 0 Å². The van der Waals surface area contributed by atoms with Crippen LogP contribution in [0.1, 0.15) is 71.6 Å². The Bertz CT molecular complexity index is 369. The van der Waals surface area contributed by atoms with E-state index >= 15 is 0 Å². The molecule has 0 aliphatic rings. The van der Waals surface area contributed by atoms with Crippen LogP contribution in [0.15, 0.2) is 0 Å². The summed E-state index contributed by atoms with van der Waals surface area (Å²) in [4.78, 5) is 11.0. The number of carboxylic acids is 1. The Labute approximate surface area is 144 Å². The van der Waals surface area contributed by atoms with Crippen molar-refractivity contribution in [2.45, 2.75) is 76.4 Å². The van der Waals surface area contributed by atoms with E-state index in [0.29, 0.717) is 6.42 Å².